The van der Waals surface area contributed by atoms with Crippen molar-refractivity contribution in [2.24, 2.45) is 0 Å². The number of ketones is 1. The number of hydrogen-bond donors (Lipinski definition) is 0. The molecular formula is C14H15FO2. The SMILES string of the molecule is COc1cccc(CC2=CC(=O)CCC2)c1F. The summed E-state index contributed by atoms with van der Waals surface area (Å²) in [6, 6.07) is 5.10. The minimum absolute atomic E-state index is 0.148. The van der Waals surface area contributed by atoms with Gasteiger partial charge in [0.25, 0.3) is 0 Å². The predicted molar refractivity (Wildman–Crippen MR) is 63.6 cm³/mol. The fourth-order valence-electron chi connectivity index (χ4n) is 2.10. The predicted octanol–water partition coefficient (Wildman–Crippen LogP) is 3.06. The van der Waals surface area contributed by atoms with Crippen LogP contribution < -0.4 is 4.74 Å². The Bertz CT molecular complexity index is 463. The lowest BCUT2D eigenvalue weighted by molar-refractivity contribution is -0.115. The molecule has 90 valence electrons. The molecule has 1 aromatic carbocycles. The zero-order chi connectivity index (χ0) is 12.3. The number of ether oxygens (including phenoxy) is 1. The Kier molecular flexibility index (Phi) is 3.57. The van der Waals surface area contributed by atoms with Gasteiger partial charge in [-0.05, 0) is 37.0 Å². The fraction of sp³-hybridized carbons (Fsp3) is 0.357. The maximum Gasteiger partial charge on any atom is 0.168 e. The number of rotatable bonds is 3. The molecule has 0 amide bonds. The Morgan fingerprint density at radius 3 is 2.88 bits per heavy atom. The molecule has 1 aliphatic rings. The highest BCUT2D eigenvalue weighted by atomic mass is 19.1. The van der Waals surface area contributed by atoms with Gasteiger partial charge in [0.05, 0.1) is 7.11 Å². The van der Waals surface area contributed by atoms with Crippen LogP contribution in [0.5, 0.6) is 5.75 Å². The van der Waals surface area contributed by atoms with Crippen molar-refractivity contribution in [2.75, 3.05) is 7.11 Å². The molecule has 17 heavy (non-hydrogen) atoms. The van der Waals surface area contributed by atoms with Gasteiger partial charge in [0.2, 0.25) is 0 Å². The van der Waals surface area contributed by atoms with Crippen molar-refractivity contribution in [3.8, 4) is 5.75 Å². The van der Waals surface area contributed by atoms with Crippen molar-refractivity contribution >= 4 is 5.78 Å². The lowest BCUT2D eigenvalue weighted by atomic mass is 9.93. The van der Waals surface area contributed by atoms with Crippen LogP contribution in [-0.4, -0.2) is 12.9 Å². The molecule has 0 aromatic heterocycles. The van der Waals surface area contributed by atoms with Gasteiger partial charge in [-0.1, -0.05) is 17.7 Å². The van der Waals surface area contributed by atoms with Gasteiger partial charge in [-0.3, -0.25) is 4.79 Å². The first-order valence-corrected chi connectivity index (χ1v) is 5.74. The third-order valence-corrected chi connectivity index (χ3v) is 2.97. The number of carbonyl (C=O) groups excluding carboxylic acids is 1. The van der Waals surface area contributed by atoms with E-state index in [4.69, 9.17) is 4.74 Å². The van der Waals surface area contributed by atoms with Crippen LogP contribution in [0.1, 0.15) is 24.8 Å². The van der Waals surface area contributed by atoms with Crippen molar-refractivity contribution in [1.29, 1.82) is 0 Å². The van der Waals surface area contributed by atoms with Gasteiger partial charge in [0.1, 0.15) is 0 Å². The Labute approximate surface area is 100 Å². The zero-order valence-electron chi connectivity index (χ0n) is 9.83. The van der Waals surface area contributed by atoms with E-state index in [9.17, 15) is 9.18 Å². The van der Waals surface area contributed by atoms with Gasteiger partial charge in [-0.25, -0.2) is 4.39 Å². The van der Waals surface area contributed by atoms with E-state index >= 15 is 0 Å². The second-order valence-corrected chi connectivity index (χ2v) is 4.23. The Balaban J connectivity index is 2.21. The highest BCUT2D eigenvalue weighted by Gasteiger charge is 2.14. The average molecular weight is 234 g/mol. The molecule has 0 heterocycles. The first-order valence-electron chi connectivity index (χ1n) is 5.74. The van der Waals surface area contributed by atoms with Crippen LogP contribution in [0.2, 0.25) is 0 Å². The molecule has 2 nitrogen and oxygen atoms in total. The summed E-state index contributed by atoms with van der Waals surface area (Å²) >= 11 is 0. The van der Waals surface area contributed by atoms with E-state index in [1.165, 1.54) is 7.11 Å². The van der Waals surface area contributed by atoms with Gasteiger partial charge in [-0.15, -0.1) is 0 Å². The molecule has 0 fully saturated rings. The number of halogens is 1. The molecular weight excluding hydrogens is 219 g/mol. The molecule has 0 bridgehead atoms. The second-order valence-electron chi connectivity index (χ2n) is 4.23. The Morgan fingerprint density at radius 2 is 2.18 bits per heavy atom. The van der Waals surface area contributed by atoms with Crippen molar-refractivity contribution in [3.05, 3.63) is 41.2 Å². The summed E-state index contributed by atoms with van der Waals surface area (Å²) in [5.74, 6) is 0.0775. The van der Waals surface area contributed by atoms with E-state index in [-0.39, 0.29) is 17.3 Å². The van der Waals surface area contributed by atoms with Crippen LogP contribution >= 0.6 is 0 Å². The summed E-state index contributed by atoms with van der Waals surface area (Å²) in [5, 5.41) is 0. The maximum atomic E-state index is 13.9. The summed E-state index contributed by atoms with van der Waals surface area (Å²) in [7, 11) is 1.45. The molecule has 1 aliphatic carbocycles. The molecule has 2 rings (SSSR count). The van der Waals surface area contributed by atoms with Crippen molar-refractivity contribution in [1.82, 2.24) is 0 Å². The molecule has 0 N–H and O–H groups in total. The quantitative estimate of drug-likeness (QED) is 0.803. The number of carbonyl (C=O) groups is 1. The fourth-order valence-corrected chi connectivity index (χ4v) is 2.10. The first-order chi connectivity index (χ1) is 8.20. The molecule has 0 radical (unpaired) electrons. The molecule has 0 unspecified atom stereocenters. The van der Waals surface area contributed by atoms with Crippen LogP contribution in [0.4, 0.5) is 4.39 Å². The number of hydrogen-bond acceptors (Lipinski definition) is 2. The van der Waals surface area contributed by atoms with E-state index in [1.807, 2.05) is 0 Å². The molecule has 0 spiro atoms. The minimum Gasteiger partial charge on any atom is -0.494 e. The van der Waals surface area contributed by atoms with Crippen LogP contribution in [-0.2, 0) is 11.2 Å². The summed E-state index contributed by atoms with van der Waals surface area (Å²) in [6.07, 6.45) is 4.51. The van der Waals surface area contributed by atoms with Gasteiger partial charge in [0, 0.05) is 6.42 Å². The van der Waals surface area contributed by atoms with Crippen LogP contribution in [0.25, 0.3) is 0 Å². The summed E-state index contributed by atoms with van der Waals surface area (Å²) in [6.45, 7) is 0. The molecule has 0 saturated carbocycles. The van der Waals surface area contributed by atoms with Gasteiger partial charge in [0.15, 0.2) is 17.3 Å². The van der Waals surface area contributed by atoms with Crippen molar-refractivity contribution in [3.63, 3.8) is 0 Å². The number of benzene rings is 1. The molecule has 0 atom stereocenters. The molecule has 0 saturated heterocycles. The van der Waals surface area contributed by atoms with Gasteiger partial charge >= 0.3 is 0 Å². The van der Waals surface area contributed by atoms with Crippen LogP contribution in [0, 0.1) is 5.82 Å². The highest BCUT2D eigenvalue weighted by molar-refractivity contribution is 5.91. The first kappa shape index (κ1) is 11.8. The monoisotopic (exact) mass is 234 g/mol. The maximum absolute atomic E-state index is 13.9. The lowest BCUT2D eigenvalue weighted by Crippen LogP contribution is -2.05. The van der Waals surface area contributed by atoms with E-state index in [0.29, 0.717) is 18.4 Å². The van der Waals surface area contributed by atoms with Gasteiger partial charge in [-0.2, -0.15) is 0 Å². The van der Waals surface area contributed by atoms with E-state index < -0.39 is 0 Å². The zero-order valence-corrected chi connectivity index (χ0v) is 9.83. The summed E-state index contributed by atoms with van der Waals surface area (Å²) in [5.41, 5.74) is 1.60. The van der Waals surface area contributed by atoms with Crippen molar-refractivity contribution in [2.45, 2.75) is 25.7 Å². The molecule has 1 aromatic rings. The summed E-state index contributed by atoms with van der Waals surface area (Å²) < 4.78 is 18.8. The number of allylic oxidation sites excluding steroid dienone is 2. The summed E-state index contributed by atoms with van der Waals surface area (Å²) in [4.78, 5) is 11.3. The second kappa shape index (κ2) is 5.13. The smallest absolute Gasteiger partial charge is 0.168 e. The lowest BCUT2D eigenvalue weighted by Gasteiger charge is -2.13. The van der Waals surface area contributed by atoms with Gasteiger partial charge < -0.3 is 4.74 Å². The normalized spacial score (nSPS) is 15.6. The third-order valence-electron chi connectivity index (χ3n) is 2.97. The van der Waals surface area contributed by atoms with Crippen LogP contribution in [0.3, 0.4) is 0 Å². The number of methoxy groups -OCH3 is 1. The molecule has 0 aliphatic heterocycles. The minimum atomic E-state index is -0.325. The third kappa shape index (κ3) is 2.73. The van der Waals surface area contributed by atoms with E-state index in [1.54, 1.807) is 24.3 Å². The topological polar surface area (TPSA) is 26.3 Å². The van der Waals surface area contributed by atoms with E-state index in [2.05, 4.69) is 0 Å². The Hall–Kier alpha value is -1.64. The largest absolute Gasteiger partial charge is 0.494 e. The molecule has 3 heteroatoms. The highest BCUT2D eigenvalue weighted by Crippen LogP contribution is 2.25. The van der Waals surface area contributed by atoms with E-state index in [0.717, 1.165) is 18.4 Å². The average Bonchev–Trinajstić information content (AvgIpc) is 2.32. The standard InChI is InChI=1S/C14H15FO2/c1-17-13-7-3-5-11(14(13)15)8-10-4-2-6-12(16)9-10/h3,5,7,9H,2,4,6,8H2,1H3. The van der Waals surface area contributed by atoms with Crippen LogP contribution in [0.15, 0.2) is 29.8 Å². The Morgan fingerprint density at radius 1 is 1.35 bits per heavy atom. The van der Waals surface area contributed by atoms with Crippen molar-refractivity contribution < 1.29 is 13.9 Å².